The van der Waals surface area contributed by atoms with Gasteiger partial charge in [0, 0.05) is 48.0 Å². The highest BCUT2D eigenvalue weighted by molar-refractivity contribution is 6.17. The number of aryl methyl sites for hydroxylation is 1. The molecule has 9 heteroatoms. The number of carbonyl (C=O) groups is 2. The van der Waals surface area contributed by atoms with Gasteiger partial charge in [0.05, 0.1) is 5.52 Å². The Morgan fingerprint density at radius 1 is 0.975 bits per heavy atom. The summed E-state index contributed by atoms with van der Waals surface area (Å²) in [6.07, 6.45) is 5.62. The normalized spacial score (nSPS) is 13.8. The molecule has 1 aliphatic rings. The summed E-state index contributed by atoms with van der Waals surface area (Å²) in [5.74, 6) is -0.00371. The van der Waals surface area contributed by atoms with Crippen molar-refractivity contribution in [1.29, 1.82) is 5.41 Å². The molecule has 1 fully saturated rings. The molecule has 0 bridgehead atoms. The van der Waals surface area contributed by atoms with Crippen LogP contribution in [-0.2, 0) is 9.59 Å². The second-order valence-electron chi connectivity index (χ2n) is 9.65. The van der Waals surface area contributed by atoms with Crippen molar-refractivity contribution in [2.45, 2.75) is 19.8 Å². The van der Waals surface area contributed by atoms with Crippen LogP contribution in [0.2, 0.25) is 0 Å². The Bertz CT molecular complexity index is 1630. The fourth-order valence-corrected chi connectivity index (χ4v) is 4.48. The quantitative estimate of drug-likeness (QED) is 0.153. The molecule has 202 valence electrons. The van der Waals surface area contributed by atoms with Gasteiger partial charge in [0.2, 0.25) is 11.8 Å². The third-order valence-electron chi connectivity index (χ3n) is 6.88. The lowest BCUT2D eigenvalue weighted by atomic mass is 9.99. The average molecular weight is 538 g/mol. The lowest BCUT2D eigenvalue weighted by Crippen LogP contribution is -2.35. The van der Waals surface area contributed by atoms with Crippen LogP contribution in [0.15, 0.2) is 79.1 Å². The van der Waals surface area contributed by atoms with Crippen LogP contribution in [-0.4, -0.2) is 30.1 Å². The summed E-state index contributed by atoms with van der Waals surface area (Å²) >= 11 is 0. The Kier molecular flexibility index (Phi) is 7.29. The molecule has 0 radical (unpaired) electrons. The van der Waals surface area contributed by atoms with Gasteiger partial charge in [0.25, 0.3) is 0 Å². The lowest BCUT2D eigenvalue weighted by molar-refractivity contribution is -0.131. The minimum absolute atomic E-state index is 0.385. The predicted molar refractivity (Wildman–Crippen MR) is 154 cm³/mol. The molecule has 0 aliphatic heterocycles. The summed E-state index contributed by atoms with van der Waals surface area (Å²) in [5, 5.41) is 17.1. The second-order valence-corrected chi connectivity index (χ2v) is 9.65. The van der Waals surface area contributed by atoms with Gasteiger partial charge in [-0.2, -0.15) is 0 Å². The minimum Gasteiger partial charge on any atom is -0.457 e. The van der Waals surface area contributed by atoms with Crippen LogP contribution in [0, 0.1) is 23.6 Å². The molecule has 5 rings (SSSR count). The van der Waals surface area contributed by atoms with E-state index in [4.69, 9.17) is 10.1 Å². The van der Waals surface area contributed by atoms with Gasteiger partial charge >= 0.3 is 0 Å². The third-order valence-corrected chi connectivity index (χ3v) is 6.88. The van der Waals surface area contributed by atoms with Crippen molar-refractivity contribution in [2.75, 3.05) is 17.7 Å². The maximum Gasteiger partial charge on any atom is 0.240 e. The molecular formula is C31H28FN5O3. The molecule has 3 aromatic carbocycles. The first-order chi connectivity index (χ1) is 19.3. The largest absolute Gasteiger partial charge is 0.457 e. The number of aromatic nitrogens is 1. The zero-order valence-electron chi connectivity index (χ0n) is 22.0. The molecule has 0 atom stereocenters. The molecule has 0 spiro atoms. The molecule has 1 heterocycles. The van der Waals surface area contributed by atoms with Gasteiger partial charge in [-0.25, -0.2) is 4.39 Å². The maximum atomic E-state index is 13.2. The first-order valence-electron chi connectivity index (χ1n) is 12.8. The molecule has 0 saturated heterocycles. The summed E-state index contributed by atoms with van der Waals surface area (Å²) < 4.78 is 19.3. The van der Waals surface area contributed by atoms with Crippen LogP contribution in [0.25, 0.3) is 16.5 Å². The molecule has 4 aromatic rings. The Morgan fingerprint density at radius 2 is 1.60 bits per heavy atom. The molecule has 4 N–H and O–H groups in total. The monoisotopic (exact) mass is 537 g/mol. The van der Waals surface area contributed by atoms with Crippen molar-refractivity contribution < 1.29 is 18.7 Å². The topological polar surface area (TPSA) is 116 Å². The fourth-order valence-electron chi connectivity index (χ4n) is 4.48. The number of hydrogen-bond donors (Lipinski definition) is 4. The number of pyridine rings is 1. The second kappa shape index (κ2) is 11.0. The Hall–Kier alpha value is -5.05. The van der Waals surface area contributed by atoms with E-state index in [1.165, 1.54) is 30.5 Å². The Labute approximate surface area is 230 Å². The molecular weight excluding hydrogens is 509 g/mol. The molecule has 2 amide bonds. The van der Waals surface area contributed by atoms with Gasteiger partial charge in [-0.3, -0.25) is 14.6 Å². The van der Waals surface area contributed by atoms with E-state index in [0.717, 1.165) is 27.6 Å². The zero-order valence-corrected chi connectivity index (χ0v) is 22.0. The van der Waals surface area contributed by atoms with Gasteiger partial charge in [0.15, 0.2) is 0 Å². The predicted octanol–water partition coefficient (Wildman–Crippen LogP) is 6.04. The van der Waals surface area contributed by atoms with E-state index < -0.39 is 17.1 Å². The number of carbonyl (C=O) groups excluding carboxylic acids is 2. The van der Waals surface area contributed by atoms with Crippen molar-refractivity contribution in [3.05, 3.63) is 96.1 Å². The third kappa shape index (κ3) is 5.40. The van der Waals surface area contributed by atoms with Crippen LogP contribution in [0.5, 0.6) is 11.5 Å². The van der Waals surface area contributed by atoms with Gasteiger partial charge in [-0.05, 0) is 97.6 Å². The van der Waals surface area contributed by atoms with Crippen molar-refractivity contribution >= 4 is 45.9 Å². The zero-order chi connectivity index (χ0) is 28.3. The number of allylic oxidation sites excluding steroid dienone is 1. The van der Waals surface area contributed by atoms with E-state index >= 15 is 0 Å². The first kappa shape index (κ1) is 26.6. The van der Waals surface area contributed by atoms with Gasteiger partial charge in [-0.15, -0.1) is 0 Å². The number of hydrogen-bond acceptors (Lipinski definition) is 6. The van der Waals surface area contributed by atoms with Crippen LogP contribution in [0.3, 0.4) is 0 Å². The standard InChI is InChI=1S/C31H28FN5O3/c1-19-15-26-27(16-25(19)20(17-33)18-34-2)35-14-11-28(26)40-24-9-7-23(8-10-24)37-30(39)31(12-13-31)29(38)36-22-5-3-21(32)4-6-22/h3-11,14-18,33-34H,12-13H2,1-2H3,(H,36,38)(H,37,39)/b20-18+,33-17?. The van der Waals surface area contributed by atoms with Gasteiger partial charge < -0.3 is 26.1 Å². The SMILES string of the molecule is CN/C=C(\C=N)c1cc2nccc(Oc3ccc(NC(=O)C4(C(=O)Nc5ccc(F)cc5)CC4)cc3)c2cc1C. The summed E-state index contributed by atoms with van der Waals surface area (Å²) in [6, 6.07) is 18.0. The number of ether oxygens (including phenoxy) is 1. The van der Waals surface area contributed by atoms with Gasteiger partial charge in [-0.1, -0.05) is 0 Å². The number of nitrogens with one attached hydrogen (secondary N) is 4. The summed E-state index contributed by atoms with van der Waals surface area (Å²) in [6.45, 7) is 1.97. The van der Waals surface area contributed by atoms with Crippen molar-refractivity contribution in [1.82, 2.24) is 10.3 Å². The van der Waals surface area contributed by atoms with E-state index in [0.29, 0.717) is 35.7 Å². The van der Waals surface area contributed by atoms with Crippen molar-refractivity contribution in [3.63, 3.8) is 0 Å². The summed E-state index contributed by atoms with van der Waals surface area (Å²) in [5.41, 5.74) is 3.19. The minimum atomic E-state index is -1.14. The van der Waals surface area contributed by atoms with Crippen LogP contribution in [0.4, 0.5) is 15.8 Å². The Balaban J connectivity index is 1.28. The summed E-state index contributed by atoms with van der Waals surface area (Å²) in [7, 11) is 1.79. The first-order valence-corrected chi connectivity index (χ1v) is 12.8. The van der Waals surface area contributed by atoms with Crippen LogP contribution >= 0.6 is 0 Å². The highest BCUT2D eigenvalue weighted by Gasteiger charge is 2.56. The number of rotatable bonds is 9. The molecule has 8 nitrogen and oxygen atoms in total. The summed E-state index contributed by atoms with van der Waals surface area (Å²) in [4.78, 5) is 30.3. The molecule has 1 saturated carbocycles. The van der Waals surface area contributed by atoms with E-state index in [2.05, 4.69) is 20.9 Å². The van der Waals surface area contributed by atoms with E-state index in [1.807, 2.05) is 19.1 Å². The molecule has 40 heavy (non-hydrogen) atoms. The highest BCUT2D eigenvalue weighted by atomic mass is 19.1. The van der Waals surface area contributed by atoms with Gasteiger partial charge in [0.1, 0.15) is 22.7 Å². The smallest absolute Gasteiger partial charge is 0.240 e. The van der Waals surface area contributed by atoms with Crippen molar-refractivity contribution in [2.24, 2.45) is 5.41 Å². The van der Waals surface area contributed by atoms with E-state index in [-0.39, 0.29) is 5.91 Å². The number of nitrogens with zero attached hydrogens (tertiary/aromatic N) is 1. The molecule has 0 unspecified atom stereocenters. The number of fused-ring (bicyclic) bond motifs is 1. The number of amides is 2. The van der Waals surface area contributed by atoms with Crippen molar-refractivity contribution in [3.8, 4) is 11.5 Å². The highest BCUT2D eigenvalue weighted by Crippen LogP contribution is 2.47. The van der Waals surface area contributed by atoms with E-state index in [1.54, 1.807) is 49.8 Å². The fraction of sp³-hybridized carbons (Fsp3) is 0.161. The number of benzene rings is 3. The molecule has 1 aliphatic carbocycles. The maximum absolute atomic E-state index is 13.2. The lowest BCUT2D eigenvalue weighted by Gasteiger charge is -2.16. The van der Waals surface area contributed by atoms with Crippen LogP contribution in [0.1, 0.15) is 24.0 Å². The van der Waals surface area contributed by atoms with Crippen LogP contribution < -0.4 is 20.7 Å². The molecule has 1 aromatic heterocycles. The van der Waals surface area contributed by atoms with E-state index in [9.17, 15) is 14.0 Å². The average Bonchev–Trinajstić information content (AvgIpc) is 3.77. The Morgan fingerprint density at radius 3 is 2.17 bits per heavy atom. The number of halogens is 1. The number of anilines is 2.